The van der Waals surface area contributed by atoms with Crippen molar-refractivity contribution >= 4 is 32.7 Å². The zero-order valence-corrected chi connectivity index (χ0v) is 28.6. The van der Waals surface area contributed by atoms with Crippen LogP contribution in [0.1, 0.15) is 0 Å². The average molecular weight is 678 g/mol. The molecule has 0 N–H and O–H groups in total. The number of para-hydroxylation sites is 1. The van der Waals surface area contributed by atoms with Gasteiger partial charge in [-0.15, -0.1) is 0 Å². The maximum atomic E-state index is 6.73. The molecule has 0 aliphatic carbocycles. The smallest absolute Gasteiger partial charge is 0.164 e. The number of nitrogens with zero attached hydrogens (tertiary/aromatic N) is 3. The number of aromatic nitrogens is 3. The van der Waals surface area contributed by atoms with Gasteiger partial charge in [0, 0.05) is 33.0 Å². The number of furan rings is 1. The predicted octanol–water partition coefficient (Wildman–Crippen LogP) is 12.9. The normalized spacial score (nSPS) is 11.4. The molecule has 0 aliphatic rings. The molecular formula is C49H31N3O. The lowest BCUT2D eigenvalue weighted by atomic mass is 9.94. The summed E-state index contributed by atoms with van der Waals surface area (Å²) in [4.78, 5) is 15.3. The van der Waals surface area contributed by atoms with Gasteiger partial charge in [-0.1, -0.05) is 152 Å². The third kappa shape index (κ3) is 5.63. The van der Waals surface area contributed by atoms with Crippen molar-refractivity contribution in [2.24, 2.45) is 0 Å². The Morgan fingerprint density at radius 2 is 0.868 bits per heavy atom. The van der Waals surface area contributed by atoms with Crippen LogP contribution in [-0.2, 0) is 0 Å². The molecular weight excluding hydrogens is 647 g/mol. The van der Waals surface area contributed by atoms with Crippen molar-refractivity contribution in [3.05, 3.63) is 188 Å². The van der Waals surface area contributed by atoms with E-state index in [4.69, 9.17) is 19.4 Å². The highest BCUT2D eigenvalue weighted by Gasteiger charge is 2.21. The third-order valence-corrected chi connectivity index (χ3v) is 9.92. The van der Waals surface area contributed by atoms with Gasteiger partial charge in [0.05, 0.1) is 0 Å². The van der Waals surface area contributed by atoms with E-state index >= 15 is 0 Å². The Balaban J connectivity index is 1.15. The standard InChI is InChI=1S/C49H31N3O/c1-3-13-32(14-4-1)36-19-11-20-37(29-36)38-21-12-22-39(30-38)41-27-28-43(45-42-23-9-10-24-44(42)53-46(41)45)49-51-47(34-16-5-2-6-17-34)50-48(52-49)40-26-25-33-15-7-8-18-35(33)31-40/h1-31H. The van der Waals surface area contributed by atoms with Crippen molar-refractivity contribution < 1.29 is 4.42 Å². The van der Waals surface area contributed by atoms with E-state index < -0.39 is 0 Å². The molecule has 0 amide bonds. The second-order valence-electron chi connectivity index (χ2n) is 13.2. The highest BCUT2D eigenvalue weighted by Crippen LogP contribution is 2.42. The van der Waals surface area contributed by atoms with E-state index in [0.717, 1.165) is 66.3 Å². The third-order valence-electron chi connectivity index (χ3n) is 9.92. The fourth-order valence-corrected chi connectivity index (χ4v) is 7.29. The van der Waals surface area contributed by atoms with Gasteiger partial charge in [0.25, 0.3) is 0 Å². The molecule has 10 aromatic rings. The maximum absolute atomic E-state index is 6.73. The van der Waals surface area contributed by atoms with Gasteiger partial charge in [0.15, 0.2) is 17.5 Å². The van der Waals surface area contributed by atoms with E-state index in [0.29, 0.717) is 17.5 Å². The molecule has 0 unspecified atom stereocenters. The highest BCUT2D eigenvalue weighted by molar-refractivity contribution is 6.16. The Kier molecular flexibility index (Phi) is 7.43. The summed E-state index contributed by atoms with van der Waals surface area (Å²) < 4.78 is 6.73. The molecule has 0 bridgehead atoms. The van der Waals surface area contributed by atoms with E-state index in [1.165, 1.54) is 16.5 Å². The monoisotopic (exact) mass is 677 g/mol. The summed E-state index contributed by atoms with van der Waals surface area (Å²) in [5.74, 6) is 1.83. The van der Waals surface area contributed by atoms with Crippen LogP contribution >= 0.6 is 0 Å². The molecule has 10 rings (SSSR count). The maximum Gasteiger partial charge on any atom is 0.164 e. The summed E-state index contributed by atoms with van der Waals surface area (Å²) in [6.07, 6.45) is 0. The minimum absolute atomic E-state index is 0.594. The van der Waals surface area contributed by atoms with Gasteiger partial charge in [-0.05, 0) is 75.0 Å². The van der Waals surface area contributed by atoms with Crippen molar-refractivity contribution in [1.82, 2.24) is 15.0 Å². The Hall–Kier alpha value is -7.17. The minimum Gasteiger partial charge on any atom is -0.455 e. The van der Waals surface area contributed by atoms with Crippen LogP contribution in [0.4, 0.5) is 0 Å². The van der Waals surface area contributed by atoms with Gasteiger partial charge in [-0.25, -0.2) is 15.0 Å². The molecule has 0 aliphatic heterocycles. The lowest BCUT2D eigenvalue weighted by molar-refractivity contribution is 0.670. The molecule has 53 heavy (non-hydrogen) atoms. The second-order valence-corrected chi connectivity index (χ2v) is 13.2. The van der Waals surface area contributed by atoms with Crippen LogP contribution in [0.5, 0.6) is 0 Å². The summed E-state index contributed by atoms with van der Waals surface area (Å²) in [7, 11) is 0. The molecule has 0 radical (unpaired) electrons. The van der Waals surface area contributed by atoms with Crippen molar-refractivity contribution in [2.45, 2.75) is 0 Å². The Morgan fingerprint density at radius 3 is 1.64 bits per heavy atom. The number of rotatable bonds is 6. The summed E-state index contributed by atoms with van der Waals surface area (Å²) >= 11 is 0. The number of benzene rings is 8. The number of fused-ring (bicyclic) bond motifs is 4. The first-order valence-corrected chi connectivity index (χ1v) is 17.8. The molecule has 4 nitrogen and oxygen atoms in total. The first-order valence-electron chi connectivity index (χ1n) is 17.8. The molecule has 0 fully saturated rings. The minimum atomic E-state index is 0.594. The van der Waals surface area contributed by atoms with Gasteiger partial charge in [0.2, 0.25) is 0 Å². The molecule has 0 spiro atoms. The van der Waals surface area contributed by atoms with Crippen molar-refractivity contribution in [3.8, 4) is 67.5 Å². The summed E-state index contributed by atoms with van der Waals surface area (Å²) in [5.41, 5.74) is 11.1. The first kappa shape index (κ1) is 30.6. The zero-order chi connectivity index (χ0) is 35.1. The molecule has 248 valence electrons. The molecule has 2 aromatic heterocycles. The van der Waals surface area contributed by atoms with Gasteiger partial charge in [-0.2, -0.15) is 0 Å². The number of hydrogen-bond donors (Lipinski definition) is 0. The van der Waals surface area contributed by atoms with Crippen LogP contribution in [0, 0.1) is 0 Å². The zero-order valence-electron chi connectivity index (χ0n) is 28.6. The second kappa shape index (κ2) is 12.9. The van der Waals surface area contributed by atoms with E-state index in [9.17, 15) is 0 Å². The Labute approximate surface area is 306 Å². The largest absolute Gasteiger partial charge is 0.455 e. The summed E-state index contributed by atoms with van der Waals surface area (Å²) in [6.45, 7) is 0. The van der Waals surface area contributed by atoms with E-state index in [1.807, 2.05) is 48.5 Å². The van der Waals surface area contributed by atoms with Crippen LogP contribution in [0.2, 0.25) is 0 Å². The molecule has 0 saturated heterocycles. The van der Waals surface area contributed by atoms with E-state index in [1.54, 1.807) is 0 Å². The number of hydrogen-bond acceptors (Lipinski definition) is 4. The van der Waals surface area contributed by atoms with Gasteiger partial charge >= 0.3 is 0 Å². The molecule has 4 heteroatoms. The van der Waals surface area contributed by atoms with Crippen molar-refractivity contribution in [3.63, 3.8) is 0 Å². The fourth-order valence-electron chi connectivity index (χ4n) is 7.29. The van der Waals surface area contributed by atoms with Crippen LogP contribution in [0.3, 0.4) is 0 Å². The highest BCUT2D eigenvalue weighted by atomic mass is 16.3. The van der Waals surface area contributed by atoms with E-state index in [2.05, 4.69) is 140 Å². The lowest BCUT2D eigenvalue weighted by Gasteiger charge is -2.12. The summed E-state index contributed by atoms with van der Waals surface area (Å²) in [5, 5.41) is 4.29. The predicted molar refractivity (Wildman–Crippen MR) is 217 cm³/mol. The average Bonchev–Trinajstić information content (AvgIpc) is 3.64. The van der Waals surface area contributed by atoms with Crippen LogP contribution in [0.25, 0.3) is 100 Å². The Bertz CT molecular complexity index is 2950. The molecule has 0 atom stereocenters. The fraction of sp³-hybridized carbons (Fsp3) is 0. The first-order chi connectivity index (χ1) is 26.2. The lowest BCUT2D eigenvalue weighted by Crippen LogP contribution is -2.00. The van der Waals surface area contributed by atoms with Gasteiger partial charge < -0.3 is 4.42 Å². The van der Waals surface area contributed by atoms with Crippen molar-refractivity contribution in [1.29, 1.82) is 0 Å². The molecule has 2 heterocycles. The topological polar surface area (TPSA) is 51.8 Å². The van der Waals surface area contributed by atoms with Crippen molar-refractivity contribution in [2.75, 3.05) is 0 Å². The van der Waals surface area contributed by atoms with Gasteiger partial charge in [0.1, 0.15) is 11.2 Å². The molecule has 0 saturated carbocycles. The van der Waals surface area contributed by atoms with Crippen LogP contribution < -0.4 is 0 Å². The van der Waals surface area contributed by atoms with Gasteiger partial charge in [-0.3, -0.25) is 0 Å². The van der Waals surface area contributed by atoms with E-state index in [-0.39, 0.29) is 0 Å². The van der Waals surface area contributed by atoms with Crippen LogP contribution in [-0.4, -0.2) is 15.0 Å². The Morgan fingerprint density at radius 1 is 0.321 bits per heavy atom. The van der Waals surface area contributed by atoms with Crippen LogP contribution in [0.15, 0.2) is 192 Å². The SMILES string of the molecule is c1ccc(-c2cccc(-c3cccc(-c4ccc(-c5nc(-c6ccccc6)nc(-c6ccc7ccccc7c6)n5)c5c4oc4ccccc45)c3)c2)cc1. The molecule has 8 aromatic carbocycles. The quantitative estimate of drug-likeness (QED) is 0.176. The summed E-state index contributed by atoms with van der Waals surface area (Å²) in [6, 6.07) is 65.2.